The number of aryl methyl sites for hydroxylation is 1. The van der Waals surface area contributed by atoms with Crippen LogP contribution in [0.3, 0.4) is 0 Å². The third-order valence-electron chi connectivity index (χ3n) is 7.24. The smallest absolute Gasteiger partial charge is 0.308 e. The average molecular weight is 462 g/mol. The molecule has 8 nitrogen and oxygen atoms in total. The van der Waals surface area contributed by atoms with Crippen LogP contribution in [0.15, 0.2) is 54.6 Å². The lowest BCUT2D eigenvalue weighted by Gasteiger charge is -2.45. The van der Waals surface area contributed by atoms with Crippen molar-refractivity contribution in [2.45, 2.75) is 31.8 Å². The van der Waals surface area contributed by atoms with Crippen LogP contribution in [0.1, 0.15) is 30.5 Å². The van der Waals surface area contributed by atoms with Crippen molar-refractivity contribution in [3.05, 3.63) is 65.7 Å². The molecule has 176 valence electrons. The number of rotatable bonds is 5. The lowest BCUT2D eigenvalue weighted by atomic mass is 9.76. The minimum Gasteiger partial charge on any atom is -0.466 e. The van der Waals surface area contributed by atoms with Gasteiger partial charge in [-0.3, -0.25) is 24.1 Å². The van der Waals surface area contributed by atoms with E-state index < -0.39 is 41.2 Å². The fraction of sp³-hybridized carbons (Fsp3) is 0.385. The van der Waals surface area contributed by atoms with E-state index in [2.05, 4.69) is 5.32 Å². The largest absolute Gasteiger partial charge is 0.466 e. The number of hydrogen-bond donors (Lipinski definition) is 1. The lowest BCUT2D eigenvalue weighted by Crippen LogP contribution is -2.67. The number of esters is 1. The van der Waals surface area contributed by atoms with Crippen molar-refractivity contribution in [2.24, 2.45) is 11.8 Å². The summed E-state index contributed by atoms with van der Waals surface area (Å²) in [5, 5.41) is 2.85. The van der Waals surface area contributed by atoms with Crippen molar-refractivity contribution < 1.29 is 23.9 Å². The monoisotopic (exact) mass is 461 g/mol. The van der Waals surface area contributed by atoms with E-state index >= 15 is 0 Å². The van der Waals surface area contributed by atoms with Crippen molar-refractivity contribution in [3.8, 4) is 0 Å². The number of benzene rings is 2. The molecule has 0 aromatic heterocycles. The highest BCUT2D eigenvalue weighted by Gasteiger charge is 2.73. The molecule has 3 heterocycles. The molecule has 0 unspecified atom stereocenters. The first-order chi connectivity index (χ1) is 16.4. The number of anilines is 1. The molecular weight excluding hydrogens is 434 g/mol. The first-order valence-electron chi connectivity index (χ1n) is 11.6. The Morgan fingerprint density at radius 1 is 1.06 bits per heavy atom. The van der Waals surface area contributed by atoms with Crippen LogP contribution in [0.25, 0.3) is 0 Å². The molecule has 5 rings (SSSR count). The number of carbonyl (C=O) groups excluding carboxylic acids is 4. The zero-order chi connectivity index (χ0) is 24.0. The number of piperazine rings is 1. The zero-order valence-corrected chi connectivity index (χ0v) is 19.2. The normalized spacial score (nSPS) is 28.5. The van der Waals surface area contributed by atoms with E-state index in [1.807, 2.05) is 54.3 Å². The van der Waals surface area contributed by atoms with Crippen LogP contribution in [0.4, 0.5) is 5.69 Å². The molecule has 1 N–H and O–H groups in total. The van der Waals surface area contributed by atoms with E-state index in [0.717, 1.165) is 11.1 Å². The molecule has 3 amide bonds. The van der Waals surface area contributed by atoms with Crippen LogP contribution in [-0.4, -0.2) is 53.8 Å². The Labute approximate surface area is 197 Å². The molecule has 2 aromatic carbocycles. The van der Waals surface area contributed by atoms with E-state index in [9.17, 15) is 19.2 Å². The first-order valence-corrected chi connectivity index (χ1v) is 11.6. The Hall–Kier alpha value is -3.52. The molecule has 3 saturated heterocycles. The van der Waals surface area contributed by atoms with Gasteiger partial charge in [-0.2, -0.15) is 0 Å². The van der Waals surface area contributed by atoms with E-state index in [1.165, 1.54) is 4.90 Å². The van der Waals surface area contributed by atoms with Crippen molar-refractivity contribution in [2.75, 3.05) is 24.6 Å². The molecule has 2 aromatic rings. The molecule has 3 aliphatic heterocycles. The van der Waals surface area contributed by atoms with Gasteiger partial charge in [0.15, 0.2) is 0 Å². The van der Waals surface area contributed by atoms with Crippen molar-refractivity contribution in [1.29, 1.82) is 0 Å². The number of nitrogens with zero attached hydrogens (tertiary/aromatic N) is 2. The van der Waals surface area contributed by atoms with Crippen LogP contribution in [0, 0.1) is 18.8 Å². The van der Waals surface area contributed by atoms with Crippen LogP contribution >= 0.6 is 0 Å². The first kappa shape index (κ1) is 22.3. The quantitative estimate of drug-likeness (QED) is 0.540. The maximum Gasteiger partial charge on any atom is 0.308 e. The molecule has 0 spiro atoms. The van der Waals surface area contributed by atoms with Crippen LogP contribution < -0.4 is 10.2 Å². The number of hydrogen-bond acceptors (Lipinski definition) is 6. The molecular formula is C26H27N3O5. The third-order valence-corrected chi connectivity index (χ3v) is 7.24. The summed E-state index contributed by atoms with van der Waals surface area (Å²) >= 11 is 0. The number of nitrogens with one attached hydrogen (secondary N) is 1. The van der Waals surface area contributed by atoms with Gasteiger partial charge in [0.2, 0.25) is 17.7 Å². The molecule has 8 heteroatoms. The highest BCUT2D eigenvalue weighted by molar-refractivity contribution is 6.24. The van der Waals surface area contributed by atoms with E-state index in [1.54, 1.807) is 19.1 Å². The molecule has 3 fully saturated rings. The molecule has 34 heavy (non-hydrogen) atoms. The summed E-state index contributed by atoms with van der Waals surface area (Å²) in [5.41, 5.74) is 0.810. The van der Waals surface area contributed by atoms with E-state index in [-0.39, 0.29) is 18.9 Å². The van der Waals surface area contributed by atoms with Crippen LogP contribution in [0.5, 0.6) is 0 Å². The molecule has 4 atom stereocenters. The third kappa shape index (κ3) is 3.16. The molecule has 0 saturated carbocycles. The number of fused-ring (bicyclic) bond motifs is 3. The van der Waals surface area contributed by atoms with Crippen LogP contribution in [-0.2, 0) is 23.9 Å². The Balaban J connectivity index is 1.68. The van der Waals surface area contributed by atoms with Gasteiger partial charge in [-0.25, -0.2) is 4.90 Å². The van der Waals surface area contributed by atoms with E-state index in [0.29, 0.717) is 18.8 Å². The number of amides is 3. The average Bonchev–Trinajstić information content (AvgIpc) is 3.26. The number of carbonyl (C=O) groups is 4. The van der Waals surface area contributed by atoms with Crippen molar-refractivity contribution in [1.82, 2.24) is 10.2 Å². The zero-order valence-electron chi connectivity index (χ0n) is 19.2. The fourth-order valence-electron chi connectivity index (χ4n) is 5.90. The van der Waals surface area contributed by atoms with Crippen molar-refractivity contribution >= 4 is 29.4 Å². The number of imide groups is 1. The predicted octanol–water partition coefficient (Wildman–Crippen LogP) is 1.98. The Morgan fingerprint density at radius 2 is 1.76 bits per heavy atom. The highest BCUT2D eigenvalue weighted by atomic mass is 16.5. The van der Waals surface area contributed by atoms with Gasteiger partial charge in [0.25, 0.3) is 0 Å². The maximum absolute atomic E-state index is 14.0. The number of ether oxygens (including phenoxy) is 1. The summed E-state index contributed by atoms with van der Waals surface area (Å²) in [5.74, 6) is -3.58. The molecule has 0 bridgehead atoms. The summed E-state index contributed by atoms with van der Waals surface area (Å²) < 4.78 is 5.22. The van der Waals surface area contributed by atoms with E-state index in [4.69, 9.17) is 4.74 Å². The second kappa shape index (κ2) is 8.36. The summed E-state index contributed by atoms with van der Waals surface area (Å²) in [6.07, 6.45) is -0.294. The fourth-order valence-corrected chi connectivity index (χ4v) is 5.90. The van der Waals surface area contributed by atoms with Crippen LogP contribution in [0.2, 0.25) is 0 Å². The summed E-state index contributed by atoms with van der Waals surface area (Å²) in [6.45, 7) is 4.58. The van der Waals surface area contributed by atoms with Gasteiger partial charge >= 0.3 is 5.97 Å². The topological polar surface area (TPSA) is 96.0 Å². The van der Waals surface area contributed by atoms with Gasteiger partial charge in [-0.1, -0.05) is 48.0 Å². The Bertz CT molecular complexity index is 1150. The second-order valence-corrected chi connectivity index (χ2v) is 9.06. The molecule has 3 aliphatic rings. The minimum absolute atomic E-state index is 0.162. The van der Waals surface area contributed by atoms with Gasteiger partial charge in [-0.15, -0.1) is 0 Å². The summed E-state index contributed by atoms with van der Waals surface area (Å²) in [6, 6.07) is 16.1. The maximum atomic E-state index is 14.0. The van der Waals surface area contributed by atoms with Gasteiger partial charge in [0.1, 0.15) is 5.54 Å². The Morgan fingerprint density at radius 3 is 2.44 bits per heavy atom. The minimum atomic E-state index is -1.50. The SMILES string of the molecule is CCOC(=O)C[C@@]12C(=O)NCCN1[C@@H](c1ccccc1)[C@H]1C(=O)N(c3ccc(C)cc3)C(=O)[C@H]12. The summed E-state index contributed by atoms with van der Waals surface area (Å²) in [4.78, 5) is 57.3. The molecule has 0 radical (unpaired) electrons. The second-order valence-electron chi connectivity index (χ2n) is 9.06. The highest BCUT2D eigenvalue weighted by Crippen LogP contribution is 2.57. The standard InChI is InChI=1S/C26H27N3O5/c1-3-34-19(30)15-26-21-20(23(31)29(24(21)32)18-11-9-16(2)10-12-18)22(17-7-5-4-6-8-17)28(26)14-13-27-25(26)33/h4-12,20-22H,3,13-15H2,1-2H3,(H,27,33)/t20-,21-,22-,26+/m0/s1. The predicted molar refractivity (Wildman–Crippen MR) is 124 cm³/mol. The van der Waals surface area contributed by atoms with Gasteiger partial charge < -0.3 is 10.1 Å². The van der Waals surface area contributed by atoms with Gasteiger partial charge in [0.05, 0.1) is 30.6 Å². The van der Waals surface area contributed by atoms with Gasteiger partial charge in [0, 0.05) is 19.1 Å². The lowest BCUT2D eigenvalue weighted by molar-refractivity contribution is -0.156. The summed E-state index contributed by atoms with van der Waals surface area (Å²) in [7, 11) is 0. The Kier molecular flexibility index (Phi) is 5.48. The molecule has 0 aliphatic carbocycles. The van der Waals surface area contributed by atoms with Gasteiger partial charge in [-0.05, 0) is 31.5 Å². The van der Waals surface area contributed by atoms with Crippen molar-refractivity contribution in [3.63, 3.8) is 0 Å².